The van der Waals surface area contributed by atoms with Gasteiger partial charge in [0.05, 0.1) is 5.92 Å². The minimum absolute atomic E-state index is 0.0602. The maximum atomic E-state index is 13.0. The van der Waals surface area contributed by atoms with Crippen molar-refractivity contribution in [2.75, 3.05) is 24.5 Å². The Morgan fingerprint density at radius 3 is 2.58 bits per heavy atom. The van der Waals surface area contributed by atoms with Crippen LogP contribution in [-0.2, 0) is 6.54 Å². The number of fused-ring (bicyclic) bond motifs is 1. The number of carbonyl (C=O) groups excluding carboxylic acids is 1. The van der Waals surface area contributed by atoms with E-state index in [0.717, 1.165) is 56.0 Å². The summed E-state index contributed by atoms with van der Waals surface area (Å²) in [4.78, 5) is 22.0. The lowest BCUT2D eigenvalue weighted by molar-refractivity contribution is 0.0792. The van der Waals surface area contributed by atoms with Gasteiger partial charge >= 0.3 is 0 Å². The summed E-state index contributed by atoms with van der Waals surface area (Å²) in [5, 5.41) is 4.77. The number of benzene rings is 2. The van der Waals surface area contributed by atoms with Crippen LogP contribution in [0, 0.1) is 0 Å². The van der Waals surface area contributed by atoms with Crippen molar-refractivity contribution in [1.82, 2.24) is 19.7 Å². The number of hydrogen-bond donors (Lipinski definition) is 0. The molecule has 2 aliphatic rings. The zero-order valence-corrected chi connectivity index (χ0v) is 18.2. The molecule has 0 N–H and O–H groups in total. The Morgan fingerprint density at radius 2 is 1.87 bits per heavy atom. The molecule has 3 heterocycles. The number of carbonyl (C=O) groups is 1. The van der Waals surface area contributed by atoms with Crippen LogP contribution in [0.4, 0.5) is 5.69 Å². The molecule has 31 heavy (non-hydrogen) atoms. The largest absolute Gasteiger partial charge is 0.366 e. The fraction of sp³-hybridized carbons (Fsp3) is 0.400. The quantitative estimate of drug-likeness (QED) is 0.625. The van der Waals surface area contributed by atoms with E-state index in [-0.39, 0.29) is 17.9 Å². The maximum absolute atomic E-state index is 13.0. The van der Waals surface area contributed by atoms with Gasteiger partial charge in [-0.05, 0) is 56.0 Å². The Bertz CT molecular complexity index is 1070. The molecular weight excluding hydrogens is 386 g/mol. The Labute approximate surface area is 183 Å². The van der Waals surface area contributed by atoms with E-state index in [1.807, 2.05) is 28.0 Å². The number of likely N-dealkylation sites (tertiary alicyclic amines) is 1. The van der Waals surface area contributed by atoms with Crippen LogP contribution < -0.4 is 4.90 Å². The second-order valence-corrected chi connectivity index (χ2v) is 8.87. The third-order valence-corrected chi connectivity index (χ3v) is 6.37. The van der Waals surface area contributed by atoms with E-state index in [4.69, 9.17) is 5.10 Å². The molecule has 0 aliphatic carbocycles. The van der Waals surface area contributed by atoms with E-state index in [9.17, 15) is 4.79 Å². The van der Waals surface area contributed by atoms with Gasteiger partial charge in [0.25, 0.3) is 5.91 Å². The number of anilines is 1. The van der Waals surface area contributed by atoms with Crippen molar-refractivity contribution in [1.29, 1.82) is 0 Å². The zero-order chi connectivity index (χ0) is 21.4. The number of aromatic nitrogens is 3. The van der Waals surface area contributed by atoms with Gasteiger partial charge in [0.2, 0.25) is 0 Å². The van der Waals surface area contributed by atoms with E-state index in [1.165, 1.54) is 11.3 Å². The van der Waals surface area contributed by atoms with Gasteiger partial charge < -0.3 is 9.80 Å². The van der Waals surface area contributed by atoms with Gasteiger partial charge in [0.1, 0.15) is 6.33 Å². The fourth-order valence-electron chi connectivity index (χ4n) is 4.65. The van der Waals surface area contributed by atoms with Gasteiger partial charge in [-0.3, -0.25) is 9.48 Å². The summed E-state index contributed by atoms with van der Waals surface area (Å²) >= 11 is 0. The number of hydrogen-bond acceptors (Lipinski definition) is 4. The van der Waals surface area contributed by atoms with Gasteiger partial charge in [-0.15, -0.1) is 0 Å². The van der Waals surface area contributed by atoms with Crippen molar-refractivity contribution >= 4 is 11.6 Å². The first kappa shape index (κ1) is 19.8. The van der Waals surface area contributed by atoms with Crippen LogP contribution in [0.15, 0.2) is 54.9 Å². The standard InChI is InChI=1S/C25H29N5O/c1-18(2)30-17-26-24(27-30)22-16-29(15-19-8-4-3-5-9-19)23-11-10-20(14-21(22)23)25(31)28-12-6-7-13-28/h3-5,8-11,14,17-18,22H,6-7,12-13,15-16H2,1-2H3. The first-order chi connectivity index (χ1) is 15.1. The molecule has 6 heteroatoms. The van der Waals surface area contributed by atoms with Gasteiger partial charge in [-0.25, -0.2) is 4.98 Å². The summed E-state index contributed by atoms with van der Waals surface area (Å²) in [5.41, 5.74) is 4.37. The third-order valence-electron chi connectivity index (χ3n) is 6.37. The van der Waals surface area contributed by atoms with Crippen LogP contribution in [-0.4, -0.2) is 45.2 Å². The highest BCUT2D eigenvalue weighted by atomic mass is 16.2. The van der Waals surface area contributed by atoms with Crippen LogP contribution >= 0.6 is 0 Å². The minimum Gasteiger partial charge on any atom is -0.366 e. The molecule has 0 radical (unpaired) electrons. The summed E-state index contributed by atoms with van der Waals surface area (Å²) in [5.74, 6) is 1.03. The van der Waals surface area contributed by atoms with Crippen molar-refractivity contribution in [3.05, 3.63) is 77.4 Å². The fourth-order valence-corrected chi connectivity index (χ4v) is 4.65. The van der Waals surface area contributed by atoms with E-state index in [0.29, 0.717) is 0 Å². The van der Waals surface area contributed by atoms with Crippen molar-refractivity contribution in [3.8, 4) is 0 Å². The summed E-state index contributed by atoms with van der Waals surface area (Å²) in [6.45, 7) is 7.58. The van der Waals surface area contributed by atoms with Gasteiger partial charge in [-0.1, -0.05) is 30.3 Å². The van der Waals surface area contributed by atoms with Crippen LogP contribution in [0.1, 0.15) is 66.0 Å². The molecule has 1 unspecified atom stereocenters. The van der Waals surface area contributed by atoms with E-state index in [1.54, 1.807) is 0 Å². The molecule has 2 aliphatic heterocycles. The van der Waals surface area contributed by atoms with Crippen molar-refractivity contribution < 1.29 is 4.79 Å². The predicted molar refractivity (Wildman–Crippen MR) is 121 cm³/mol. The predicted octanol–water partition coefficient (Wildman–Crippen LogP) is 4.25. The van der Waals surface area contributed by atoms with Crippen molar-refractivity contribution in [3.63, 3.8) is 0 Å². The highest BCUT2D eigenvalue weighted by Gasteiger charge is 2.34. The number of nitrogens with zero attached hydrogens (tertiary/aromatic N) is 5. The maximum Gasteiger partial charge on any atom is 0.253 e. The minimum atomic E-state index is 0.0602. The van der Waals surface area contributed by atoms with Gasteiger partial charge in [-0.2, -0.15) is 5.10 Å². The van der Waals surface area contributed by atoms with Crippen LogP contribution in [0.25, 0.3) is 0 Å². The first-order valence-corrected chi connectivity index (χ1v) is 11.2. The molecule has 2 aromatic carbocycles. The monoisotopic (exact) mass is 415 g/mol. The van der Waals surface area contributed by atoms with Gasteiger partial charge in [0, 0.05) is 43.5 Å². The molecule has 3 aromatic rings. The molecule has 1 fully saturated rings. The summed E-state index contributed by atoms with van der Waals surface area (Å²) < 4.78 is 1.91. The second-order valence-electron chi connectivity index (χ2n) is 8.87. The second kappa shape index (κ2) is 8.17. The topological polar surface area (TPSA) is 54.3 Å². The SMILES string of the molecule is CC(C)n1cnc(C2CN(Cc3ccccc3)c3ccc(C(=O)N4CCCC4)cc32)n1. The summed E-state index contributed by atoms with van der Waals surface area (Å²) in [7, 11) is 0. The molecule has 0 saturated carbocycles. The highest BCUT2D eigenvalue weighted by Crippen LogP contribution is 2.40. The molecule has 1 amide bonds. The van der Waals surface area contributed by atoms with Crippen LogP contribution in [0.5, 0.6) is 0 Å². The Morgan fingerprint density at radius 1 is 1.10 bits per heavy atom. The number of amides is 1. The Kier molecular flexibility index (Phi) is 5.22. The average molecular weight is 416 g/mol. The molecule has 1 aromatic heterocycles. The lowest BCUT2D eigenvalue weighted by Crippen LogP contribution is -2.27. The molecule has 6 nitrogen and oxygen atoms in total. The summed E-state index contributed by atoms with van der Waals surface area (Å²) in [6, 6.07) is 17.0. The smallest absolute Gasteiger partial charge is 0.253 e. The van der Waals surface area contributed by atoms with E-state index >= 15 is 0 Å². The Balaban J connectivity index is 1.50. The zero-order valence-electron chi connectivity index (χ0n) is 18.2. The molecule has 1 saturated heterocycles. The van der Waals surface area contributed by atoms with Crippen LogP contribution in [0.3, 0.4) is 0 Å². The molecule has 5 rings (SSSR count). The number of rotatable bonds is 5. The third kappa shape index (κ3) is 3.82. The summed E-state index contributed by atoms with van der Waals surface area (Å²) in [6.07, 6.45) is 4.01. The lowest BCUT2D eigenvalue weighted by atomic mass is 9.98. The van der Waals surface area contributed by atoms with Gasteiger partial charge in [0.15, 0.2) is 5.82 Å². The molecule has 160 valence electrons. The molecule has 0 spiro atoms. The van der Waals surface area contributed by atoms with Crippen molar-refractivity contribution in [2.24, 2.45) is 0 Å². The molecule has 1 atom stereocenters. The van der Waals surface area contributed by atoms with E-state index < -0.39 is 0 Å². The van der Waals surface area contributed by atoms with Crippen molar-refractivity contribution in [2.45, 2.75) is 45.2 Å². The average Bonchev–Trinajstić information content (AvgIpc) is 3.54. The highest BCUT2D eigenvalue weighted by molar-refractivity contribution is 5.95. The van der Waals surface area contributed by atoms with E-state index in [2.05, 4.69) is 60.1 Å². The molecular formula is C25H29N5O. The normalized spacial score (nSPS) is 18.1. The lowest BCUT2D eigenvalue weighted by Gasteiger charge is -2.20. The van der Waals surface area contributed by atoms with Crippen LogP contribution in [0.2, 0.25) is 0 Å². The first-order valence-electron chi connectivity index (χ1n) is 11.2. The Hall–Kier alpha value is -3.15. The molecule has 0 bridgehead atoms.